The number of fused-ring (bicyclic) bond motifs is 1. The molecule has 2 aromatic rings. The molecule has 22 heavy (non-hydrogen) atoms. The van der Waals surface area contributed by atoms with Crippen molar-refractivity contribution in [1.29, 1.82) is 0 Å². The van der Waals surface area contributed by atoms with Crippen molar-refractivity contribution in [3.05, 3.63) is 59.2 Å². The molecular formula is C19H22O3. The van der Waals surface area contributed by atoms with E-state index in [1.807, 2.05) is 18.2 Å². The zero-order chi connectivity index (χ0) is 15.5. The minimum atomic E-state index is 0.220. The highest BCUT2D eigenvalue weighted by Crippen LogP contribution is 2.41. The summed E-state index contributed by atoms with van der Waals surface area (Å²) in [7, 11) is 3.37. The molecule has 0 amide bonds. The van der Waals surface area contributed by atoms with Crippen molar-refractivity contribution in [2.75, 3.05) is 20.8 Å². The van der Waals surface area contributed by atoms with Crippen LogP contribution in [0.15, 0.2) is 42.5 Å². The number of ether oxygens (including phenoxy) is 2. The maximum Gasteiger partial charge on any atom is 0.119 e. The van der Waals surface area contributed by atoms with Crippen LogP contribution in [-0.4, -0.2) is 25.9 Å². The van der Waals surface area contributed by atoms with Crippen molar-refractivity contribution >= 4 is 0 Å². The van der Waals surface area contributed by atoms with E-state index < -0.39 is 0 Å². The maximum absolute atomic E-state index is 9.74. The summed E-state index contributed by atoms with van der Waals surface area (Å²) in [6.45, 7) is 0.220. The van der Waals surface area contributed by atoms with Gasteiger partial charge in [0, 0.05) is 6.61 Å². The zero-order valence-electron chi connectivity index (χ0n) is 13.1. The SMILES string of the molecule is COc1ccc(C[C@H]2c3ccc(OC)cc3C[C@H]2CO)cc1. The van der Waals surface area contributed by atoms with Gasteiger partial charge in [-0.2, -0.15) is 0 Å². The van der Waals surface area contributed by atoms with Gasteiger partial charge in [-0.1, -0.05) is 18.2 Å². The van der Waals surface area contributed by atoms with Crippen molar-refractivity contribution in [3.8, 4) is 11.5 Å². The molecule has 116 valence electrons. The number of aliphatic hydroxyl groups is 1. The molecule has 0 aliphatic heterocycles. The highest BCUT2D eigenvalue weighted by atomic mass is 16.5. The van der Waals surface area contributed by atoms with Crippen LogP contribution in [0, 0.1) is 5.92 Å². The van der Waals surface area contributed by atoms with E-state index in [9.17, 15) is 5.11 Å². The van der Waals surface area contributed by atoms with E-state index in [1.54, 1.807) is 14.2 Å². The molecule has 0 saturated heterocycles. The van der Waals surface area contributed by atoms with Crippen molar-refractivity contribution in [3.63, 3.8) is 0 Å². The monoisotopic (exact) mass is 298 g/mol. The number of methoxy groups -OCH3 is 2. The molecule has 0 spiro atoms. The number of benzene rings is 2. The van der Waals surface area contributed by atoms with Crippen LogP contribution in [0.25, 0.3) is 0 Å². The molecule has 1 N–H and O–H groups in total. The topological polar surface area (TPSA) is 38.7 Å². The fourth-order valence-corrected chi connectivity index (χ4v) is 3.41. The molecule has 3 heteroatoms. The van der Waals surface area contributed by atoms with E-state index in [0.717, 1.165) is 24.3 Å². The average molecular weight is 298 g/mol. The van der Waals surface area contributed by atoms with Gasteiger partial charge in [-0.05, 0) is 65.6 Å². The lowest BCUT2D eigenvalue weighted by atomic mass is 9.87. The lowest BCUT2D eigenvalue weighted by molar-refractivity contribution is 0.211. The summed E-state index contributed by atoms with van der Waals surface area (Å²) in [5.41, 5.74) is 3.92. The third kappa shape index (κ3) is 2.81. The van der Waals surface area contributed by atoms with Gasteiger partial charge in [-0.25, -0.2) is 0 Å². The molecule has 0 bridgehead atoms. The molecule has 3 rings (SSSR count). The normalized spacial score (nSPS) is 19.8. The van der Waals surface area contributed by atoms with Gasteiger partial charge in [0.05, 0.1) is 14.2 Å². The van der Waals surface area contributed by atoms with Crippen molar-refractivity contribution < 1.29 is 14.6 Å². The van der Waals surface area contributed by atoms with Gasteiger partial charge >= 0.3 is 0 Å². The molecule has 0 radical (unpaired) electrons. The molecule has 0 heterocycles. The van der Waals surface area contributed by atoms with E-state index in [2.05, 4.69) is 24.3 Å². The molecule has 3 nitrogen and oxygen atoms in total. The predicted octanol–water partition coefficient (Wildman–Crippen LogP) is 3.19. The minimum absolute atomic E-state index is 0.220. The molecule has 0 saturated carbocycles. The quantitative estimate of drug-likeness (QED) is 0.921. The number of hydrogen-bond donors (Lipinski definition) is 1. The molecule has 0 fully saturated rings. The minimum Gasteiger partial charge on any atom is -0.497 e. The van der Waals surface area contributed by atoms with Crippen molar-refractivity contribution in [1.82, 2.24) is 0 Å². The van der Waals surface area contributed by atoms with Crippen LogP contribution in [-0.2, 0) is 12.8 Å². The summed E-state index contributed by atoms with van der Waals surface area (Å²) < 4.78 is 10.5. The summed E-state index contributed by atoms with van der Waals surface area (Å²) in [5.74, 6) is 2.41. The van der Waals surface area contributed by atoms with Crippen LogP contribution >= 0.6 is 0 Å². The van der Waals surface area contributed by atoms with E-state index >= 15 is 0 Å². The van der Waals surface area contributed by atoms with E-state index in [-0.39, 0.29) is 12.5 Å². The first-order valence-electron chi connectivity index (χ1n) is 7.65. The Labute approximate surface area is 131 Å². The molecule has 0 unspecified atom stereocenters. The molecule has 1 aliphatic rings. The predicted molar refractivity (Wildman–Crippen MR) is 86.7 cm³/mol. The molecular weight excluding hydrogens is 276 g/mol. The lowest BCUT2D eigenvalue weighted by Gasteiger charge is -2.19. The Bertz CT molecular complexity index is 634. The molecule has 0 aromatic heterocycles. The van der Waals surface area contributed by atoms with E-state index in [0.29, 0.717) is 5.92 Å². The highest BCUT2D eigenvalue weighted by Gasteiger charge is 2.32. The Morgan fingerprint density at radius 1 is 1.00 bits per heavy atom. The first-order valence-corrected chi connectivity index (χ1v) is 7.65. The van der Waals surface area contributed by atoms with E-state index in [4.69, 9.17) is 9.47 Å². The van der Waals surface area contributed by atoms with Crippen molar-refractivity contribution in [2.45, 2.75) is 18.8 Å². The van der Waals surface area contributed by atoms with Gasteiger partial charge in [0.2, 0.25) is 0 Å². The Balaban J connectivity index is 1.85. The van der Waals surface area contributed by atoms with Gasteiger partial charge in [-0.15, -0.1) is 0 Å². The van der Waals surface area contributed by atoms with Crippen LogP contribution in [0.3, 0.4) is 0 Å². The summed E-state index contributed by atoms with van der Waals surface area (Å²) >= 11 is 0. The standard InChI is InChI=1S/C19H22O3/c1-21-16-5-3-13(4-6-16)9-19-15(12-20)10-14-11-17(22-2)7-8-18(14)19/h3-8,11,15,19-20H,9-10,12H2,1-2H3/t15-,19+/m0/s1. The first kappa shape index (κ1) is 14.9. The Hall–Kier alpha value is -2.00. The number of aliphatic hydroxyl groups excluding tert-OH is 1. The van der Waals surface area contributed by atoms with Gasteiger partial charge in [0.1, 0.15) is 11.5 Å². The third-order valence-corrected chi connectivity index (χ3v) is 4.65. The summed E-state index contributed by atoms with van der Waals surface area (Å²) in [6.07, 6.45) is 1.86. The number of rotatable bonds is 5. The van der Waals surface area contributed by atoms with Crippen LogP contribution < -0.4 is 9.47 Å². The maximum atomic E-state index is 9.74. The van der Waals surface area contributed by atoms with Gasteiger partial charge in [-0.3, -0.25) is 0 Å². The van der Waals surface area contributed by atoms with Crippen molar-refractivity contribution in [2.24, 2.45) is 5.92 Å². The van der Waals surface area contributed by atoms with Gasteiger partial charge < -0.3 is 14.6 Å². The van der Waals surface area contributed by atoms with Gasteiger partial charge in [0.15, 0.2) is 0 Å². The second-order valence-corrected chi connectivity index (χ2v) is 5.87. The number of hydrogen-bond acceptors (Lipinski definition) is 3. The Morgan fingerprint density at radius 2 is 1.68 bits per heavy atom. The third-order valence-electron chi connectivity index (χ3n) is 4.65. The largest absolute Gasteiger partial charge is 0.497 e. The summed E-state index contributed by atoms with van der Waals surface area (Å²) in [5, 5.41) is 9.74. The summed E-state index contributed by atoms with van der Waals surface area (Å²) in [6, 6.07) is 14.5. The van der Waals surface area contributed by atoms with Crippen LogP contribution in [0.4, 0.5) is 0 Å². The van der Waals surface area contributed by atoms with Crippen LogP contribution in [0.5, 0.6) is 11.5 Å². The first-order chi connectivity index (χ1) is 10.7. The molecule has 1 aliphatic carbocycles. The smallest absolute Gasteiger partial charge is 0.119 e. The van der Waals surface area contributed by atoms with Gasteiger partial charge in [0.25, 0.3) is 0 Å². The van der Waals surface area contributed by atoms with Crippen LogP contribution in [0.1, 0.15) is 22.6 Å². The fraction of sp³-hybridized carbons (Fsp3) is 0.368. The Kier molecular flexibility index (Phi) is 4.34. The lowest BCUT2D eigenvalue weighted by Crippen LogP contribution is -2.14. The second-order valence-electron chi connectivity index (χ2n) is 5.87. The average Bonchev–Trinajstić information content (AvgIpc) is 2.92. The van der Waals surface area contributed by atoms with Crippen LogP contribution in [0.2, 0.25) is 0 Å². The zero-order valence-corrected chi connectivity index (χ0v) is 13.1. The summed E-state index contributed by atoms with van der Waals surface area (Å²) in [4.78, 5) is 0. The molecule has 2 aromatic carbocycles. The second kappa shape index (κ2) is 6.41. The Morgan fingerprint density at radius 3 is 2.32 bits per heavy atom. The fourth-order valence-electron chi connectivity index (χ4n) is 3.41. The molecule has 2 atom stereocenters. The highest BCUT2D eigenvalue weighted by molar-refractivity contribution is 5.43. The van der Waals surface area contributed by atoms with E-state index in [1.165, 1.54) is 16.7 Å².